The number of aromatic nitrogens is 1. The minimum Gasteiger partial charge on any atom is -0.330 e. The van der Waals surface area contributed by atoms with Crippen LogP contribution in [-0.2, 0) is 0 Å². The highest BCUT2D eigenvalue weighted by atomic mass is 32.2. The van der Waals surface area contributed by atoms with E-state index in [0.29, 0.717) is 12.5 Å². The summed E-state index contributed by atoms with van der Waals surface area (Å²) in [4.78, 5) is 4.45. The van der Waals surface area contributed by atoms with Crippen molar-refractivity contribution in [1.29, 1.82) is 0 Å². The average molecular weight is 264 g/mol. The van der Waals surface area contributed by atoms with Gasteiger partial charge < -0.3 is 5.73 Å². The maximum Gasteiger partial charge on any atom is 0.150 e. The Kier molecular flexibility index (Phi) is 4.59. The number of rotatable bonds is 5. The number of aryl methyl sites for hydroxylation is 1. The zero-order chi connectivity index (χ0) is 12.1. The molecule has 1 aromatic carbocycles. The molecule has 2 aromatic rings. The largest absolute Gasteiger partial charge is 0.330 e. The van der Waals surface area contributed by atoms with Gasteiger partial charge in [-0.15, -0.1) is 11.3 Å². The quantitative estimate of drug-likeness (QED) is 0.842. The summed E-state index contributed by atoms with van der Waals surface area (Å²) in [6.45, 7) is 2.71. The lowest BCUT2D eigenvalue weighted by molar-refractivity contribution is 0.785. The lowest BCUT2D eigenvalue weighted by Gasteiger charge is -2.13. The minimum atomic E-state index is 0.408. The smallest absolute Gasteiger partial charge is 0.150 e. The molecule has 0 aliphatic rings. The van der Waals surface area contributed by atoms with Gasteiger partial charge in [0.2, 0.25) is 0 Å². The third kappa shape index (κ3) is 3.56. The molecule has 4 heteroatoms. The van der Waals surface area contributed by atoms with Crippen molar-refractivity contribution in [2.45, 2.75) is 17.2 Å². The van der Waals surface area contributed by atoms with Crippen LogP contribution in [0.15, 0.2) is 40.1 Å². The molecular formula is C13H16N2S2. The maximum absolute atomic E-state index is 5.84. The molecule has 90 valence electrons. The van der Waals surface area contributed by atoms with Crippen LogP contribution in [0, 0.1) is 6.92 Å². The Morgan fingerprint density at radius 2 is 2.12 bits per heavy atom. The van der Waals surface area contributed by atoms with Crippen LogP contribution in [0.4, 0.5) is 0 Å². The summed E-state index contributed by atoms with van der Waals surface area (Å²) >= 11 is 3.50. The fraction of sp³-hybridized carbons (Fsp3) is 0.308. The highest BCUT2D eigenvalue weighted by Crippen LogP contribution is 2.27. The zero-order valence-corrected chi connectivity index (χ0v) is 11.4. The van der Waals surface area contributed by atoms with Crippen molar-refractivity contribution in [3.8, 4) is 0 Å². The van der Waals surface area contributed by atoms with E-state index in [0.717, 1.165) is 15.8 Å². The summed E-state index contributed by atoms with van der Waals surface area (Å²) in [5.74, 6) is 1.40. The first-order valence-corrected chi connectivity index (χ1v) is 7.46. The van der Waals surface area contributed by atoms with Crippen LogP contribution >= 0.6 is 23.1 Å². The number of hydrogen-bond acceptors (Lipinski definition) is 4. The highest BCUT2D eigenvalue weighted by Gasteiger charge is 2.10. The molecule has 1 unspecified atom stereocenters. The van der Waals surface area contributed by atoms with Crippen molar-refractivity contribution >= 4 is 23.1 Å². The highest BCUT2D eigenvalue weighted by molar-refractivity contribution is 8.01. The van der Waals surface area contributed by atoms with Crippen LogP contribution in [0.2, 0.25) is 0 Å². The van der Waals surface area contributed by atoms with Gasteiger partial charge in [-0.05, 0) is 19.0 Å². The van der Waals surface area contributed by atoms with Gasteiger partial charge in [-0.2, -0.15) is 0 Å². The Balaban J connectivity index is 1.97. The van der Waals surface area contributed by atoms with Crippen molar-refractivity contribution in [1.82, 2.24) is 4.98 Å². The number of hydrogen-bond donors (Lipinski definition) is 1. The monoisotopic (exact) mass is 264 g/mol. The number of nitrogens with two attached hydrogens (primary N) is 1. The van der Waals surface area contributed by atoms with Crippen molar-refractivity contribution in [2.24, 2.45) is 5.73 Å². The van der Waals surface area contributed by atoms with E-state index < -0.39 is 0 Å². The number of nitrogens with zero attached hydrogens (tertiary/aromatic N) is 1. The summed E-state index contributed by atoms with van der Waals surface area (Å²) in [6, 6.07) is 10.5. The summed E-state index contributed by atoms with van der Waals surface area (Å²) in [6.07, 6.45) is 0. The van der Waals surface area contributed by atoms with Gasteiger partial charge in [-0.3, -0.25) is 0 Å². The van der Waals surface area contributed by atoms with Gasteiger partial charge in [-0.25, -0.2) is 4.98 Å². The van der Waals surface area contributed by atoms with Crippen LogP contribution in [0.3, 0.4) is 0 Å². The molecule has 1 aromatic heterocycles. The van der Waals surface area contributed by atoms with Gasteiger partial charge >= 0.3 is 0 Å². The lowest BCUT2D eigenvalue weighted by atomic mass is 10.0. The molecule has 0 saturated carbocycles. The molecule has 0 fully saturated rings. The molecule has 0 aliphatic heterocycles. The molecule has 1 heterocycles. The van der Waals surface area contributed by atoms with E-state index in [-0.39, 0.29) is 0 Å². The zero-order valence-electron chi connectivity index (χ0n) is 9.80. The van der Waals surface area contributed by atoms with Crippen LogP contribution < -0.4 is 5.73 Å². The molecule has 2 nitrogen and oxygen atoms in total. The average Bonchev–Trinajstić information content (AvgIpc) is 2.77. The second kappa shape index (κ2) is 6.19. The molecule has 0 saturated heterocycles. The van der Waals surface area contributed by atoms with E-state index in [1.807, 2.05) is 13.0 Å². The first kappa shape index (κ1) is 12.6. The van der Waals surface area contributed by atoms with E-state index in [2.05, 4.69) is 34.6 Å². The molecule has 17 heavy (non-hydrogen) atoms. The standard InChI is InChI=1S/C13H16N2S2/c1-10-8-16-13(15-10)17-9-12(7-14)11-5-3-2-4-6-11/h2-6,8,12H,7,9,14H2,1H3. The molecule has 0 spiro atoms. The molecule has 2 N–H and O–H groups in total. The first-order valence-electron chi connectivity index (χ1n) is 5.59. The first-order chi connectivity index (χ1) is 8.29. The SMILES string of the molecule is Cc1csc(SCC(CN)c2ccccc2)n1. The predicted octanol–water partition coefficient (Wildman–Crippen LogP) is 3.29. The van der Waals surface area contributed by atoms with Gasteiger partial charge in [0.25, 0.3) is 0 Å². The molecule has 1 atom stereocenters. The van der Waals surface area contributed by atoms with Crippen molar-refractivity contribution in [3.05, 3.63) is 47.0 Å². The molecule has 0 aliphatic carbocycles. The van der Waals surface area contributed by atoms with Gasteiger partial charge in [0.05, 0.1) is 0 Å². The summed E-state index contributed by atoms with van der Waals surface area (Å²) in [5, 5.41) is 2.09. The Labute approximate surface area is 110 Å². The number of thioether (sulfide) groups is 1. The lowest BCUT2D eigenvalue weighted by Crippen LogP contribution is -2.14. The minimum absolute atomic E-state index is 0.408. The molecular weight excluding hydrogens is 248 g/mol. The topological polar surface area (TPSA) is 38.9 Å². The van der Waals surface area contributed by atoms with Crippen LogP contribution in [0.25, 0.3) is 0 Å². The van der Waals surface area contributed by atoms with E-state index in [1.54, 1.807) is 23.1 Å². The molecule has 2 rings (SSSR count). The Bertz CT molecular complexity index is 453. The van der Waals surface area contributed by atoms with Crippen LogP contribution in [-0.4, -0.2) is 17.3 Å². The van der Waals surface area contributed by atoms with Crippen molar-refractivity contribution < 1.29 is 0 Å². The molecule has 0 bridgehead atoms. The molecule has 0 radical (unpaired) electrons. The maximum atomic E-state index is 5.84. The van der Waals surface area contributed by atoms with Gasteiger partial charge in [0, 0.05) is 22.7 Å². The van der Waals surface area contributed by atoms with Crippen LogP contribution in [0.5, 0.6) is 0 Å². The summed E-state index contributed by atoms with van der Waals surface area (Å²) < 4.78 is 1.14. The second-order valence-electron chi connectivity index (χ2n) is 3.91. The van der Waals surface area contributed by atoms with E-state index >= 15 is 0 Å². The van der Waals surface area contributed by atoms with Gasteiger partial charge in [-0.1, -0.05) is 42.1 Å². The van der Waals surface area contributed by atoms with E-state index in [9.17, 15) is 0 Å². The summed E-state index contributed by atoms with van der Waals surface area (Å²) in [5.41, 5.74) is 8.26. The Morgan fingerprint density at radius 3 is 2.71 bits per heavy atom. The predicted molar refractivity (Wildman–Crippen MR) is 75.8 cm³/mol. The van der Waals surface area contributed by atoms with Crippen molar-refractivity contribution in [3.63, 3.8) is 0 Å². The van der Waals surface area contributed by atoms with E-state index in [1.165, 1.54) is 5.56 Å². The van der Waals surface area contributed by atoms with Crippen molar-refractivity contribution in [2.75, 3.05) is 12.3 Å². The van der Waals surface area contributed by atoms with Crippen LogP contribution in [0.1, 0.15) is 17.2 Å². The summed E-state index contributed by atoms with van der Waals surface area (Å²) in [7, 11) is 0. The molecule has 0 amide bonds. The number of benzene rings is 1. The van der Waals surface area contributed by atoms with E-state index in [4.69, 9.17) is 5.73 Å². The third-order valence-electron chi connectivity index (χ3n) is 2.56. The van der Waals surface area contributed by atoms with Gasteiger partial charge in [0.15, 0.2) is 0 Å². The fourth-order valence-corrected chi connectivity index (χ4v) is 3.62. The Hall–Kier alpha value is -0.840. The second-order valence-corrected chi connectivity index (χ2v) is 6.03. The number of thiazole rings is 1. The third-order valence-corrected chi connectivity index (χ3v) is 4.86. The normalized spacial score (nSPS) is 12.6. The Morgan fingerprint density at radius 1 is 1.35 bits per heavy atom. The van der Waals surface area contributed by atoms with Gasteiger partial charge in [0.1, 0.15) is 4.34 Å². The fourth-order valence-electron chi connectivity index (χ4n) is 1.60.